The fourth-order valence-electron chi connectivity index (χ4n) is 2.84. The fraction of sp³-hybridized carbons (Fsp3) is 0.643. The van der Waals surface area contributed by atoms with Crippen molar-refractivity contribution < 1.29 is 13.2 Å². The Balaban J connectivity index is 2.26. The van der Waals surface area contributed by atoms with Crippen LogP contribution in [0.2, 0.25) is 0 Å². The minimum atomic E-state index is -2.97. The second kappa shape index (κ2) is 5.85. The van der Waals surface area contributed by atoms with Crippen molar-refractivity contribution in [1.82, 2.24) is 4.90 Å². The van der Waals surface area contributed by atoms with E-state index in [1.165, 1.54) is 4.88 Å². The number of nitrogens with zero attached hydrogens (tertiary/aromatic N) is 1. The van der Waals surface area contributed by atoms with E-state index in [9.17, 15) is 13.2 Å². The van der Waals surface area contributed by atoms with Gasteiger partial charge in [-0.15, -0.1) is 11.3 Å². The van der Waals surface area contributed by atoms with Gasteiger partial charge in [0.05, 0.1) is 17.1 Å². The maximum atomic E-state index is 12.7. The monoisotopic (exact) mass is 315 g/mol. The quantitative estimate of drug-likeness (QED) is 0.856. The third-order valence-electron chi connectivity index (χ3n) is 3.94. The predicted octanol–water partition coefficient (Wildman–Crippen LogP) is 2.27. The number of carbonyl (C=O) groups excluding carboxylic acids is 1. The summed E-state index contributed by atoms with van der Waals surface area (Å²) < 4.78 is 23.2. The van der Waals surface area contributed by atoms with Gasteiger partial charge in [-0.3, -0.25) is 4.79 Å². The molecule has 0 radical (unpaired) electrons. The first-order valence-corrected chi connectivity index (χ1v) is 9.68. The van der Waals surface area contributed by atoms with Crippen LogP contribution in [0.3, 0.4) is 0 Å². The number of sulfone groups is 1. The van der Waals surface area contributed by atoms with Gasteiger partial charge in [0.2, 0.25) is 0 Å². The highest BCUT2D eigenvalue weighted by Crippen LogP contribution is 2.26. The molecule has 1 atom stereocenters. The molecule has 2 rings (SSSR count). The molecule has 1 aromatic rings. The number of amides is 1. The Labute approximate surface area is 124 Å². The second-order valence-electron chi connectivity index (χ2n) is 5.19. The highest BCUT2D eigenvalue weighted by molar-refractivity contribution is 7.91. The Morgan fingerprint density at radius 2 is 2.15 bits per heavy atom. The lowest BCUT2D eigenvalue weighted by Crippen LogP contribution is -2.41. The maximum Gasteiger partial charge on any atom is 0.255 e. The van der Waals surface area contributed by atoms with E-state index < -0.39 is 9.84 Å². The smallest absolute Gasteiger partial charge is 0.255 e. The first-order valence-electron chi connectivity index (χ1n) is 6.98. The molecule has 1 saturated heterocycles. The van der Waals surface area contributed by atoms with Gasteiger partial charge in [-0.05, 0) is 32.3 Å². The normalized spacial score (nSPS) is 21.1. The van der Waals surface area contributed by atoms with E-state index in [0.717, 1.165) is 17.5 Å². The highest BCUT2D eigenvalue weighted by atomic mass is 32.2. The Morgan fingerprint density at radius 1 is 1.45 bits per heavy atom. The molecule has 1 aliphatic rings. The highest BCUT2D eigenvalue weighted by Gasteiger charge is 2.34. The van der Waals surface area contributed by atoms with Crippen LogP contribution in [0.5, 0.6) is 0 Å². The lowest BCUT2D eigenvalue weighted by atomic mass is 10.1. The zero-order valence-corrected chi connectivity index (χ0v) is 13.8. The van der Waals surface area contributed by atoms with Crippen LogP contribution >= 0.6 is 11.3 Å². The Hall–Kier alpha value is -0.880. The molecule has 112 valence electrons. The van der Waals surface area contributed by atoms with Crippen molar-refractivity contribution in [2.75, 3.05) is 18.1 Å². The molecule has 1 amide bonds. The van der Waals surface area contributed by atoms with Gasteiger partial charge < -0.3 is 4.90 Å². The van der Waals surface area contributed by atoms with E-state index in [1.807, 2.05) is 26.2 Å². The van der Waals surface area contributed by atoms with Gasteiger partial charge in [-0.2, -0.15) is 0 Å². The molecule has 6 heteroatoms. The number of hydrogen-bond acceptors (Lipinski definition) is 4. The summed E-state index contributed by atoms with van der Waals surface area (Å²) in [6.07, 6.45) is 1.39. The second-order valence-corrected chi connectivity index (χ2v) is 8.50. The van der Waals surface area contributed by atoms with E-state index in [4.69, 9.17) is 0 Å². The van der Waals surface area contributed by atoms with Crippen LogP contribution in [-0.2, 0) is 16.3 Å². The molecule has 0 saturated carbocycles. The summed E-state index contributed by atoms with van der Waals surface area (Å²) in [5.41, 5.74) is 1.85. The average Bonchev–Trinajstić information content (AvgIpc) is 2.93. The van der Waals surface area contributed by atoms with E-state index >= 15 is 0 Å². The predicted molar refractivity (Wildman–Crippen MR) is 82.2 cm³/mol. The molecule has 1 aromatic heterocycles. The lowest BCUT2D eigenvalue weighted by Gasteiger charge is -2.27. The SMILES string of the molecule is CCc1c(C(=O)N(CC)[C@H]2CCS(=O)(=O)C2)csc1C. The number of carbonyl (C=O) groups is 1. The molecular weight excluding hydrogens is 294 g/mol. The van der Waals surface area contributed by atoms with Crippen LogP contribution in [0.25, 0.3) is 0 Å². The largest absolute Gasteiger partial charge is 0.335 e. The van der Waals surface area contributed by atoms with Crippen LogP contribution in [0.4, 0.5) is 0 Å². The Morgan fingerprint density at radius 3 is 2.65 bits per heavy atom. The molecule has 0 aliphatic carbocycles. The molecule has 0 aromatic carbocycles. The molecule has 0 spiro atoms. The van der Waals surface area contributed by atoms with Crippen LogP contribution in [0, 0.1) is 6.92 Å². The first kappa shape index (κ1) is 15.5. The summed E-state index contributed by atoms with van der Waals surface area (Å²) in [5.74, 6) is 0.290. The maximum absolute atomic E-state index is 12.7. The zero-order valence-electron chi connectivity index (χ0n) is 12.2. The summed E-state index contributed by atoms with van der Waals surface area (Å²) in [6, 6.07) is -0.164. The van der Waals surface area contributed by atoms with Crippen molar-refractivity contribution in [3.63, 3.8) is 0 Å². The molecule has 0 bridgehead atoms. The first-order chi connectivity index (χ1) is 9.39. The summed E-state index contributed by atoms with van der Waals surface area (Å²) in [4.78, 5) is 15.6. The van der Waals surface area contributed by atoms with Gasteiger partial charge in [0.15, 0.2) is 9.84 Å². The summed E-state index contributed by atoms with van der Waals surface area (Å²) in [5, 5.41) is 1.91. The summed E-state index contributed by atoms with van der Waals surface area (Å²) in [6.45, 7) is 6.53. The van der Waals surface area contributed by atoms with Gasteiger partial charge in [0.25, 0.3) is 5.91 Å². The van der Waals surface area contributed by atoms with Gasteiger partial charge in [0.1, 0.15) is 0 Å². The molecule has 2 heterocycles. The van der Waals surface area contributed by atoms with Crippen molar-refractivity contribution in [3.8, 4) is 0 Å². The Bertz CT molecular complexity index is 604. The lowest BCUT2D eigenvalue weighted by molar-refractivity contribution is 0.0708. The summed E-state index contributed by atoms with van der Waals surface area (Å²) in [7, 11) is -2.97. The van der Waals surface area contributed by atoms with Crippen molar-refractivity contribution >= 4 is 27.1 Å². The average molecular weight is 315 g/mol. The number of thiophene rings is 1. The van der Waals surface area contributed by atoms with Crippen LogP contribution in [0.1, 0.15) is 41.1 Å². The van der Waals surface area contributed by atoms with Gasteiger partial charge in [-0.25, -0.2) is 8.42 Å². The molecule has 4 nitrogen and oxygen atoms in total. The van der Waals surface area contributed by atoms with Crippen molar-refractivity contribution in [2.24, 2.45) is 0 Å². The Kier molecular flexibility index (Phi) is 4.54. The van der Waals surface area contributed by atoms with Crippen LogP contribution in [-0.4, -0.2) is 43.3 Å². The summed E-state index contributed by atoms with van der Waals surface area (Å²) >= 11 is 1.59. The third kappa shape index (κ3) is 2.91. The third-order valence-corrected chi connectivity index (χ3v) is 6.64. The molecule has 20 heavy (non-hydrogen) atoms. The topological polar surface area (TPSA) is 54.5 Å². The number of rotatable bonds is 4. The van der Waals surface area contributed by atoms with E-state index in [1.54, 1.807) is 16.2 Å². The fourth-order valence-corrected chi connectivity index (χ4v) is 5.51. The molecule has 0 N–H and O–H groups in total. The van der Waals surface area contributed by atoms with Gasteiger partial charge >= 0.3 is 0 Å². The minimum Gasteiger partial charge on any atom is -0.335 e. The van der Waals surface area contributed by atoms with Crippen molar-refractivity contribution in [2.45, 2.75) is 39.7 Å². The van der Waals surface area contributed by atoms with E-state index in [2.05, 4.69) is 0 Å². The molecule has 0 unspecified atom stereocenters. The van der Waals surface area contributed by atoms with Crippen LogP contribution < -0.4 is 0 Å². The zero-order chi connectivity index (χ0) is 14.9. The molecule has 1 fully saturated rings. The number of aryl methyl sites for hydroxylation is 1. The van der Waals surface area contributed by atoms with Crippen molar-refractivity contribution in [1.29, 1.82) is 0 Å². The van der Waals surface area contributed by atoms with E-state index in [0.29, 0.717) is 13.0 Å². The van der Waals surface area contributed by atoms with Crippen LogP contribution in [0.15, 0.2) is 5.38 Å². The van der Waals surface area contributed by atoms with Crippen molar-refractivity contribution in [3.05, 3.63) is 21.4 Å². The molecular formula is C14H21NO3S2. The van der Waals surface area contributed by atoms with Gasteiger partial charge in [0, 0.05) is 22.8 Å². The molecule has 1 aliphatic heterocycles. The standard InChI is InChI=1S/C14H21NO3S2/c1-4-12-10(3)19-8-13(12)14(16)15(5-2)11-6-7-20(17,18)9-11/h8,11H,4-7,9H2,1-3H3/t11-/m0/s1. The van der Waals surface area contributed by atoms with Gasteiger partial charge in [-0.1, -0.05) is 6.92 Å². The van der Waals surface area contributed by atoms with E-state index in [-0.39, 0.29) is 23.5 Å². The minimum absolute atomic E-state index is 0.0178. The number of hydrogen-bond donors (Lipinski definition) is 0.